The first-order chi connectivity index (χ1) is 8.69. The van der Waals surface area contributed by atoms with Crippen molar-refractivity contribution in [2.24, 2.45) is 0 Å². The van der Waals surface area contributed by atoms with Crippen LogP contribution in [0.1, 0.15) is 16.1 Å². The van der Waals surface area contributed by atoms with Gasteiger partial charge in [0.1, 0.15) is 5.69 Å². The van der Waals surface area contributed by atoms with Crippen molar-refractivity contribution in [2.75, 3.05) is 12.4 Å². The quantitative estimate of drug-likeness (QED) is 0.794. The highest BCUT2D eigenvalue weighted by Crippen LogP contribution is 2.14. The number of anilines is 1. The predicted octanol–water partition coefficient (Wildman–Crippen LogP) is 2.64. The average Bonchev–Trinajstić information content (AvgIpc) is 2.77. The summed E-state index contributed by atoms with van der Waals surface area (Å²) in [5.41, 5.74) is 2.32. The van der Waals surface area contributed by atoms with Crippen LogP contribution in [0.15, 0.2) is 36.5 Å². The van der Waals surface area contributed by atoms with Gasteiger partial charge in [-0.3, -0.25) is 4.79 Å². The van der Waals surface area contributed by atoms with Gasteiger partial charge in [0.2, 0.25) is 0 Å². The lowest BCUT2D eigenvalue weighted by molar-refractivity contribution is 0.102. The molecule has 1 aromatic carbocycles. The molecule has 18 heavy (non-hydrogen) atoms. The molecule has 1 heterocycles. The Morgan fingerprint density at radius 3 is 2.89 bits per heavy atom. The van der Waals surface area contributed by atoms with Crippen molar-refractivity contribution in [3.8, 4) is 0 Å². The lowest BCUT2D eigenvalue weighted by Gasteiger charge is -2.06. The number of benzene rings is 1. The molecule has 1 aromatic heterocycles. The fourth-order valence-electron chi connectivity index (χ4n) is 1.66. The van der Waals surface area contributed by atoms with E-state index >= 15 is 0 Å². The fourth-order valence-corrected chi connectivity index (χ4v) is 1.82. The van der Waals surface area contributed by atoms with Crippen LogP contribution in [0.3, 0.4) is 0 Å². The summed E-state index contributed by atoms with van der Waals surface area (Å²) in [5.74, 6) is -0.205. The molecular weight excluding hydrogens is 250 g/mol. The van der Waals surface area contributed by atoms with Gasteiger partial charge < -0.3 is 15.6 Å². The normalized spacial score (nSPS) is 10.3. The molecule has 0 aliphatic carbocycles. The molecule has 0 radical (unpaired) electrons. The third-order valence-electron chi connectivity index (χ3n) is 2.46. The Morgan fingerprint density at radius 1 is 1.39 bits per heavy atom. The zero-order valence-corrected chi connectivity index (χ0v) is 10.7. The Bertz CT molecular complexity index is 551. The van der Waals surface area contributed by atoms with Crippen LogP contribution in [0.4, 0.5) is 5.69 Å². The first-order valence-corrected chi connectivity index (χ1v) is 5.95. The summed E-state index contributed by atoms with van der Waals surface area (Å²) >= 11 is 5.75. The summed E-state index contributed by atoms with van der Waals surface area (Å²) < 4.78 is 0. The topological polar surface area (TPSA) is 56.9 Å². The van der Waals surface area contributed by atoms with Crippen molar-refractivity contribution >= 4 is 23.2 Å². The van der Waals surface area contributed by atoms with Gasteiger partial charge in [0.05, 0.1) is 5.02 Å². The summed E-state index contributed by atoms with van der Waals surface area (Å²) in [6.45, 7) is 0.762. The molecule has 0 saturated heterocycles. The number of nitrogens with one attached hydrogen (secondary N) is 3. The van der Waals surface area contributed by atoms with Crippen LogP contribution in [0.25, 0.3) is 0 Å². The van der Waals surface area contributed by atoms with Crippen molar-refractivity contribution in [3.63, 3.8) is 0 Å². The molecular formula is C13H14ClN3O. The van der Waals surface area contributed by atoms with E-state index < -0.39 is 0 Å². The van der Waals surface area contributed by atoms with E-state index in [4.69, 9.17) is 11.6 Å². The van der Waals surface area contributed by atoms with Gasteiger partial charge in [0, 0.05) is 18.4 Å². The fraction of sp³-hybridized carbons (Fsp3) is 0.154. The van der Waals surface area contributed by atoms with Crippen LogP contribution in [0.2, 0.25) is 5.02 Å². The molecule has 0 bridgehead atoms. The first-order valence-electron chi connectivity index (χ1n) is 5.58. The third-order valence-corrected chi connectivity index (χ3v) is 2.68. The maximum Gasteiger partial charge on any atom is 0.272 e. The second kappa shape index (κ2) is 5.71. The van der Waals surface area contributed by atoms with E-state index in [9.17, 15) is 4.79 Å². The summed E-state index contributed by atoms with van der Waals surface area (Å²) in [6, 6.07) is 9.27. The van der Waals surface area contributed by atoms with Crippen molar-refractivity contribution < 1.29 is 4.79 Å². The minimum atomic E-state index is -0.205. The van der Waals surface area contributed by atoms with E-state index in [1.165, 1.54) is 0 Å². The van der Waals surface area contributed by atoms with Gasteiger partial charge in [-0.05, 0) is 30.8 Å². The number of H-pyrrole nitrogens is 1. The lowest BCUT2D eigenvalue weighted by atomic mass is 10.2. The molecule has 0 spiro atoms. The van der Waals surface area contributed by atoms with Crippen LogP contribution in [-0.4, -0.2) is 17.9 Å². The molecule has 0 aliphatic rings. The molecule has 0 unspecified atom stereocenters. The number of aromatic amines is 1. The maximum absolute atomic E-state index is 11.9. The number of hydrogen-bond donors (Lipinski definition) is 3. The molecule has 0 fully saturated rings. The first kappa shape index (κ1) is 12.7. The summed E-state index contributed by atoms with van der Waals surface area (Å²) in [7, 11) is 1.88. The Labute approximate surface area is 110 Å². The highest BCUT2D eigenvalue weighted by atomic mass is 35.5. The minimum absolute atomic E-state index is 0.205. The van der Waals surface area contributed by atoms with E-state index in [2.05, 4.69) is 15.6 Å². The number of amides is 1. The van der Waals surface area contributed by atoms with Crippen molar-refractivity contribution in [1.82, 2.24) is 10.3 Å². The SMILES string of the molecule is CNCc1cccc(NC(=O)c2cc(Cl)c[nH]2)c1. The smallest absolute Gasteiger partial charge is 0.272 e. The van der Waals surface area contributed by atoms with Gasteiger partial charge in [0.15, 0.2) is 0 Å². The van der Waals surface area contributed by atoms with Gasteiger partial charge in [0.25, 0.3) is 5.91 Å². The number of rotatable bonds is 4. The lowest BCUT2D eigenvalue weighted by Crippen LogP contribution is -2.12. The average molecular weight is 264 g/mol. The van der Waals surface area contributed by atoms with Gasteiger partial charge in [-0.2, -0.15) is 0 Å². The second-order valence-corrected chi connectivity index (χ2v) is 4.35. The van der Waals surface area contributed by atoms with Crippen LogP contribution in [0.5, 0.6) is 0 Å². The highest BCUT2D eigenvalue weighted by Gasteiger charge is 2.08. The monoisotopic (exact) mass is 263 g/mol. The van der Waals surface area contributed by atoms with Crippen LogP contribution >= 0.6 is 11.6 Å². The number of halogens is 1. The van der Waals surface area contributed by atoms with Crippen molar-refractivity contribution in [2.45, 2.75) is 6.54 Å². The Morgan fingerprint density at radius 2 is 2.22 bits per heavy atom. The van der Waals surface area contributed by atoms with Gasteiger partial charge in [-0.1, -0.05) is 23.7 Å². The minimum Gasteiger partial charge on any atom is -0.356 e. The maximum atomic E-state index is 11.9. The van der Waals surface area contributed by atoms with Gasteiger partial charge in [-0.15, -0.1) is 0 Å². The number of aromatic nitrogens is 1. The van der Waals surface area contributed by atoms with E-state index in [1.54, 1.807) is 12.3 Å². The van der Waals surface area contributed by atoms with Crippen LogP contribution in [-0.2, 0) is 6.54 Å². The van der Waals surface area contributed by atoms with E-state index in [0.29, 0.717) is 10.7 Å². The molecule has 0 atom stereocenters. The Hall–Kier alpha value is -1.78. The molecule has 0 aliphatic heterocycles. The molecule has 2 rings (SSSR count). The molecule has 4 nitrogen and oxygen atoms in total. The predicted molar refractivity (Wildman–Crippen MR) is 73.0 cm³/mol. The second-order valence-electron chi connectivity index (χ2n) is 3.92. The molecule has 0 saturated carbocycles. The van der Waals surface area contributed by atoms with E-state index in [1.807, 2.05) is 31.3 Å². The summed E-state index contributed by atoms with van der Waals surface area (Å²) in [5, 5.41) is 6.39. The van der Waals surface area contributed by atoms with E-state index in [0.717, 1.165) is 17.8 Å². The Balaban J connectivity index is 2.09. The zero-order chi connectivity index (χ0) is 13.0. The van der Waals surface area contributed by atoms with E-state index in [-0.39, 0.29) is 5.91 Å². The number of carbonyl (C=O) groups is 1. The largest absolute Gasteiger partial charge is 0.356 e. The summed E-state index contributed by atoms with van der Waals surface area (Å²) in [4.78, 5) is 14.7. The van der Waals surface area contributed by atoms with Crippen molar-refractivity contribution in [1.29, 1.82) is 0 Å². The Kier molecular flexibility index (Phi) is 4.02. The standard InChI is InChI=1S/C13H14ClN3O/c1-15-7-9-3-2-4-11(5-9)17-13(18)12-6-10(14)8-16-12/h2-6,8,15-16H,7H2,1H3,(H,17,18). The van der Waals surface area contributed by atoms with Gasteiger partial charge in [-0.25, -0.2) is 0 Å². The van der Waals surface area contributed by atoms with Crippen LogP contribution < -0.4 is 10.6 Å². The number of hydrogen-bond acceptors (Lipinski definition) is 2. The van der Waals surface area contributed by atoms with Gasteiger partial charge >= 0.3 is 0 Å². The third kappa shape index (κ3) is 3.12. The molecule has 3 N–H and O–H groups in total. The van der Waals surface area contributed by atoms with Crippen LogP contribution in [0, 0.1) is 0 Å². The summed E-state index contributed by atoms with van der Waals surface area (Å²) in [6.07, 6.45) is 1.58. The highest BCUT2D eigenvalue weighted by molar-refractivity contribution is 6.31. The number of carbonyl (C=O) groups excluding carboxylic acids is 1. The molecule has 2 aromatic rings. The zero-order valence-electron chi connectivity index (χ0n) is 9.96. The molecule has 5 heteroatoms. The molecule has 94 valence electrons. The molecule has 1 amide bonds. The van der Waals surface area contributed by atoms with Crippen molar-refractivity contribution in [3.05, 3.63) is 52.8 Å².